The number of halogens is 2. The van der Waals surface area contributed by atoms with Crippen LogP contribution in [0.5, 0.6) is 5.75 Å². The van der Waals surface area contributed by atoms with Crippen molar-refractivity contribution < 1.29 is 9.13 Å². The molecule has 0 aliphatic carbocycles. The summed E-state index contributed by atoms with van der Waals surface area (Å²) in [6.07, 6.45) is 1.61. The molecule has 1 aliphatic rings. The number of nitrogens with two attached hydrogens (primary N) is 1. The van der Waals surface area contributed by atoms with Crippen LogP contribution in [0.15, 0.2) is 34.8 Å². The highest BCUT2D eigenvalue weighted by molar-refractivity contribution is 9.10. The molecule has 3 rings (SSSR count). The number of hydrogen-bond donors (Lipinski definition) is 1. The van der Waals surface area contributed by atoms with Crippen LogP contribution in [0.25, 0.3) is 0 Å². The Labute approximate surface area is 132 Å². The number of aryl methyl sites for hydroxylation is 1. The first-order valence-electron chi connectivity index (χ1n) is 7.00. The Bertz CT molecular complexity index is 687. The van der Waals surface area contributed by atoms with Crippen molar-refractivity contribution in [1.82, 2.24) is 0 Å². The molecule has 21 heavy (non-hydrogen) atoms. The molecule has 0 amide bonds. The number of benzene rings is 2. The van der Waals surface area contributed by atoms with E-state index >= 15 is 0 Å². The van der Waals surface area contributed by atoms with Gasteiger partial charge in [-0.15, -0.1) is 0 Å². The quantitative estimate of drug-likeness (QED) is 0.906. The Kier molecular flexibility index (Phi) is 4.00. The van der Waals surface area contributed by atoms with Crippen LogP contribution in [0.4, 0.5) is 4.39 Å². The third-order valence-electron chi connectivity index (χ3n) is 3.88. The molecule has 0 saturated carbocycles. The van der Waals surface area contributed by atoms with Crippen LogP contribution in [0.1, 0.15) is 28.3 Å². The number of ether oxygens (including phenoxy) is 1. The Morgan fingerprint density at radius 3 is 2.90 bits per heavy atom. The molecule has 4 heteroatoms. The Morgan fingerprint density at radius 1 is 1.33 bits per heavy atom. The van der Waals surface area contributed by atoms with Crippen LogP contribution in [0, 0.1) is 12.7 Å². The van der Waals surface area contributed by atoms with Crippen LogP contribution >= 0.6 is 15.9 Å². The summed E-state index contributed by atoms with van der Waals surface area (Å²) in [5, 5.41) is 0. The maximum absolute atomic E-state index is 13.4. The molecule has 2 nitrogen and oxygen atoms in total. The van der Waals surface area contributed by atoms with Crippen molar-refractivity contribution in [3.05, 3.63) is 62.9 Å². The fourth-order valence-electron chi connectivity index (χ4n) is 2.75. The van der Waals surface area contributed by atoms with Gasteiger partial charge in [0.15, 0.2) is 0 Å². The van der Waals surface area contributed by atoms with Gasteiger partial charge in [0.25, 0.3) is 0 Å². The summed E-state index contributed by atoms with van der Waals surface area (Å²) >= 11 is 3.54. The zero-order chi connectivity index (χ0) is 15.0. The van der Waals surface area contributed by atoms with Gasteiger partial charge < -0.3 is 10.5 Å². The molecule has 1 heterocycles. The molecule has 2 aromatic carbocycles. The first-order chi connectivity index (χ1) is 10.0. The molecule has 1 aliphatic heterocycles. The summed E-state index contributed by atoms with van der Waals surface area (Å²) in [4.78, 5) is 0. The third kappa shape index (κ3) is 2.97. The Hall–Kier alpha value is -1.39. The first-order valence-corrected chi connectivity index (χ1v) is 7.79. The summed E-state index contributed by atoms with van der Waals surface area (Å²) < 4.78 is 20.1. The normalized spacial score (nSPS) is 14.7. The van der Waals surface area contributed by atoms with E-state index in [2.05, 4.69) is 28.1 Å². The minimum Gasteiger partial charge on any atom is -0.493 e. The van der Waals surface area contributed by atoms with Crippen LogP contribution in [-0.4, -0.2) is 6.61 Å². The summed E-state index contributed by atoms with van der Waals surface area (Å²) in [5.74, 6) is 0.769. The van der Waals surface area contributed by atoms with Crippen molar-refractivity contribution in [2.24, 2.45) is 5.73 Å². The fourth-order valence-corrected chi connectivity index (χ4v) is 3.30. The van der Waals surface area contributed by atoms with Crippen LogP contribution < -0.4 is 10.5 Å². The van der Waals surface area contributed by atoms with E-state index in [0.717, 1.165) is 34.4 Å². The highest BCUT2D eigenvalue weighted by Gasteiger charge is 2.19. The molecule has 0 bridgehead atoms. The average Bonchev–Trinajstić information content (AvgIpc) is 2.90. The van der Waals surface area contributed by atoms with Crippen molar-refractivity contribution in [3.8, 4) is 5.75 Å². The molecule has 1 atom stereocenters. The van der Waals surface area contributed by atoms with Gasteiger partial charge in [-0.2, -0.15) is 0 Å². The van der Waals surface area contributed by atoms with Gasteiger partial charge in [-0.1, -0.05) is 28.1 Å². The van der Waals surface area contributed by atoms with Crippen LogP contribution in [-0.2, 0) is 12.8 Å². The molecule has 2 N–H and O–H groups in total. The lowest BCUT2D eigenvalue weighted by Crippen LogP contribution is -2.14. The minimum atomic E-state index is -0.197. The minimum absolute atomic E-state index is 0.174. The highest BCUT2D eigenvalue weighted by Crippen LogP contribution is 2.35. The van der Waals surface area contributed by atoms with Gasteiger partial charge >= 0.3 is 0 Å². The van der Waals surface area contributed by atoms with E-state index < -0.39 is 0 Å². The summed E-state index contributed by atoms with van der Waals surface area (Å²) in [7, 11) is 0. The SMILES string of the molecule is Cc1cc(C(N)Cc2cc(Br)cc3c2OCC3)ccc1F. The van der Waals surface area contributed by atoms with E-state index in [9.17, 15) is 4.39 Å². The molecule has 1 unspecified atom stereocenters. The molecule has 0 spiro atoms. The molecular weight excluding hydrogens is 333 g/mol. The summed E-state index contributed by atoms with van der Waals surface area (Å²) in [5.41, 5.74) is 10.2. The van der Waals surface area contributed by atoms with Crippen molar-refractivity contribution in [3.63, 3.8) is 0 Å². The predicted molar refractivity (Wildman–Crippen MR) is 85.1 cm³/mol. The Morgan fingerprint density at radius 2 is 2.14 bits per heavy atom. The van der Waals surface area contributed by atoms with Gasteiger partial charge in [0, 0.05) is 16.9 Å². The molecular formula is C17H17BrFNO. The maximum Gasteiger partial charge on any atom is 0.126 e. The molecule has 0 radical (unpaired) electrons. The lowest BCUT2D eigenvalue weighted by molar-refractivity contribution is 0.352. The zero-order valence-electron chi connectivity index (χ0n) is 11.8. The van der Waals surface area contributed by atoms with Gasteiger partial charge in [0.1, 0.15) is 11.6 Å². The van der Waals surface area contributed by atoms with Gasteiger partial charge in [-0.3, -0.25) is 0 Å². The molecule has 110 valence electrons. The second kappa shape index (κ2) is 5.78. The zero-order valence-corrected chi connectivity index (χ0v) is 13.4. The van der Waals surface area contributed by atoms with Crippen LogP contribution in [0.3, 0.4) is 0 Å². The number of hydrogen-bond acceptors (Lipinski definition) is 2. The van der Waals surface area contributed by atoms with Gasteiger partial charge in [0.05, 0.1) is 6.61 Å². The number of rotatable bonds is 3. The van der Waals surface area contributed by atoms with Crippen LogP contribution in [0.2, 0.25) is 0 Å². The Balaban J connectivity index is 1.88. The lowest BCUT2D eigenvalue weighted by atomic mass is 9.96. The topological polar surface area (TPSA) is 35.2 Å². The molecule has 0 fully saturated rings. The molecule has 0 saturated heterocycles. The largest absolute Gasteiger partial charge is 0.493 e. The van der Waals surface area contributed by atoms with E-state index in [0.29, 0.717) is 12.0 Å². The van der Waals surface area contributed by atoms with Crippen molar-refractivity contribution in [2.45, 2.75) is 25.8 Å². The fraction of sp³-hybridized carbons (Fsp3) is 0.294. The number of fused-ring (bicyclic) bond motifs is 1. The van der Waals surface area contributed by atoms with E-state index in [1.807, 2.05) is 6.07 Å². The van der Waals surface area contributed by atoms with Gasteiger partial charge in [-0.25, -0.2) is 4.39 Å². The monoisotopic (exact) mass is 349 g/mol. The van der Waals surface area contributed by atoms with E-state index in [4.69, 9.17) is 10.5 Å². The van der Waals surface area contributed by atoms with Crippen molar-refractivity contribution in [2.75, 3.05) is 6.61 Å². The average molecular weight is 350 g/mol. The second-order valence-corrected chi connectivity index (χ2v) is 6.39. The third-order valence-corrected chi connectivity index (χ3v) is 4.33. The van der Waals surface area contributed by atoms with Gasteiger partial charge in [-0.05, 0) is 53.8 Å². The smallest absolute Gasteiger partial charge is 0.126 e. The summed E-state index contributed by atoms with van der Waals surface area (Å²) in [6, 6.07) is 9.03. The second-order valence-electron chi connectivity index (χ2n) is 5.47. The molecule has 0 aromatic heterocycles. The van der Waals surface area contributed by atoms with Crippen molar-refractivity contribution >= 4 is 15.9 Å². The highest BCUT2D eigenvalue weighted by atomic mass is 79.9. The first kappa shape index (κ1) is 14.5. The molecule has 2 aromatic rings. The maximum atomic E-state index is 13.4. The standard InChI is InChI=1S/C17H17BrFNO/c1-10-6-11(2-3-15(10)19)16(20)9-13-8-14(18)7-12-4-5-21-17(12)13/h2-3,6-8,16H,4-5,9,20H2,1H3. The van der Waals surface area contributed by atoms with E-state index in [-0.39, 0.29) is 11.9 Å². The predicted octanol–water partition coefficient (Wildman–Crippen LogP) is 4.07. The van der Waals surface area contributed by atoms with Crippen molar-refractivity contribution in [1.29, 1.82) is 0 Å². The lowest BCUT2D eigenvalue weighted by Gasteiger charge is -2.16. The van der Waals surface area contributed by atoms with E-state index in [1.165, 1.54) is 11.6 Å². The summed E-state index contributed by atoms with van der Waals surface area (Å²) in [6.45, 7) is 2.48. The van der Waals surface area contributed by atoms with Gasteiger partial charge in [0.2, 0.25) is 0 Å². The van der Waals surface area contributed by atoms with E-state index in [1.54, 1.807) is 13.0 Å².